The van der Waals surface area contributed by atoms with Crippen molar-refractivity contribution in [2.24, 2.45) is 0 Å². The maximum absolute atomic E-state index is 10.3. The Morgan fingerprint density at radius 3 is 0.602 bits per heavy atom. The molecule has 4 saturated heterocycles. The summed E-state index contributed by atoms with van der Waals surface area (Å²) in [5, 5.41) is 160. The summed E-state index contributed by atoms with van der Waals surface area (Å²) in [5.74, 6) is 2.06. The van der Waals surface area contributed by atoms with Crippen LogP contribution in [0.4, 0.5) is 0 Å². The van der Waals surface area contributed by atoms with Crippen molar-refractivity contribution in [3.05, 3.63) is 119 Å². The van der Waals surface area contributed by atoms with Crippen LogP contribution in [0.15, 0.2) is 97.1 Å². The van der Waals surface area contributed by atoms with Crippen molar-refractivity contribution in [3.63, 3.8) is 0 Å². The fourth-order valence-electron chi connectivity index (χ4n) is 10.8. The van der Waals surface area contributed by atoms with Gasteiger partial charge in [-0.05, 0) is 81.9 Å². The SMILES string of the molecule is OC[C@@H]1O[C@@H](OCCOCCOc2ccc(C(=C(c3ccc(OCCOCCO[C@@H]4O[C@@H](CO)[C@H](O)[C@@H](O)[C@H]4O)cc3)c3ccc(OCCOCCO[C@@H]4O[C@@H](CO)[C@H](O)[C@@H](O)[C@H]4O)cc3)c3ccc(OCCOCCO[C@@H]4O[C@@H](CO)[C@H](O)[C@@H](O)[C@H]4O)cc3)cc2)[C@H](O)[C@H](O)[C@H]1O. The first kappa shape index (κ1) is 78.4. The molecule has 0 aromatic heterocycles. The molecule has 98 heavy (non-hydrogen) atoms. The first-order valence-corrected chi connectivity index (χ1v) is 32.1. The Morgan fingerprint density at radius 2 is 0.418 bits per heavy atom. The zero-order valence-corrected chi connectivity index (χ0v) is 53.6. The Balaban J connectivity index is 0.951. The third kappa shape index (κ3) is 21.9. The van der Waals surface area contributed by atoms with E-state index in [1.807, 2.05) is 97.1 Å². The molecule has 4 aliphatic heterocycles. The van der Waals surface area contributed by atoms with Gasteiger partial charge in [-0.15, -0.1) is 0 Å². The van der Waals surface area contributed by atoms with E-state index in [4.69, 9.17) is 75.8 Å². The highest BCUT2D eigenvalue weighted by molar-refractivity contribution is 6.04. The van der Waals surface area contributed by atoms with Gasteiger partial charge in [0.15, 0.2) is 25.2 Å². The van der Waals surface area contributed by atoms with Gasteiger partial charge in [0.25, 0.3) is 0 Å². The molecule has 0 amide bonds. The Labute approximate surface area is 564 Å². The minimum atomic E-state index is -1.58. The van der Waals surface area contributed by atoms with E-state index in [-0.39, 0.29) is 106 Å². The summed E-state index contributed by atoms with van der Waals surface area (Å²) in [6.07, 6.45) is -28.3. The molecule has 548 valence electrons. The van der Waals surface area contributed by atoms with Crippen LogP contribution in [0.2, 0.25) is 0 Å². The third-order valence-corrected chi connectivity index (χ3v) is 16.2. The van der Waals surface area contributed by atoms with Gasteiger partial charge in [-0.1, -0.05) is 48.5 Å². The lowest BCUT2D eigenvalue weighted by molar-refractivity contribution is -0.302. The predicted molar refractivity (Wildman–Crippen MR) is 335 cm³/mol. The molecule has 0 spiro atoms. The Morgan fingerprint density at radius 1 is 0.235 bits per heavy atom. The minimum absolute atomic E-state index is 0.0451. The number of benzene rings is 4. The molecule has 0 radical (unpaired) electrons. The zero-order valence-electron chi connectivity index (χ0n) is 53.6. The lowest BCUT2D eigenvalue weighted by Crippen LogP contribution is -2.59. The van der Waals surface area contributed by atoms with Crippen LogP contribution < -0.4 is 18.9 Å². The van der Waals surface area contributed by atoms with Crippen LogP contribution in [-0.2, 0) is 56.8 Å². The lowest BCUT2D eigenvalue weighted by Gasteiger charge is -2.39. The molecule has 0 aliphatic carbocycles. The molecular weight excluding hydrogens is 1300 g/mol. The van der Waals surface area contributed by atoms with Crippen LogP contribution in [0, 0.1) is 0 Å². The smallest absolute Gasteiger partial charge is 0.186 e. The molecule has 4 aromatic carbocycles. The first-order chi connectivity index (χ1) is 47.5. The van der Waals surface area contributed by atoms with E-state index in [1.165, 1.54) is 0 Å². The molecule has 16 N–H and O–H groups in total. The van der Waals surface area contributed by atoms with E-state index in [0.717, 1.165) is 33.4 Å². The van der Waals surface area contributed by atoms with Gasteiger partial charge in [0, 0.05) is 0 Å². The van der Waals surface area contributed by atoms with Gasteiger partial charge in [0.1, 0.15) is 147 Å². The van der Waals surface area contributed by atoms with Gasteiger partial charge in [-0.25, -0.2) is 0 Å². The average molecular weight is 1400 g/mol. The largest absolute Gasteiger partial charge is 0.491 e. The highest BCUT2D eigenvalue weighted by Crippen LogP contribution is 2.39. The van der Waals surface area contributed by atoms with Gasteiger partial charge >= 0.3 is 0 Å². The summed E-state index contributed by atoms with van der Waals surface area (Å²) in [4.78, 5) is 0. The molecule has 0 bridgehead atoms. The maximum Gasteiger partial charge on any atom is 0.186 e. The Hall–Kier alpha value is -5.30. The highest BCUT2D eigenvalue weighted by atomic mass is 16.7. The normalized spacial score (nSPS) is 30.4. The number of rotatable bonds is 40. The van der Waals surface area contributed by atoms with Crippen LogP contribution in [0.5, 0.6) is 23.0 Å². The van der Waals surface area contributed by atoms with Gasteiger partial charge in [0.2, 0.25) is 0 Å². The number of aliphatic hydroxyl groups is 16. The van der Waals surface area contributed by atoms with Crippen LogP contribution in [0.3, 0.4) is 0 Å². The van der Waals surface area contributed by atoms with Crippen LogP contribution in [-0.4, -0.2) is 337 Å². The highest BCUT2D eigenvalue weighted by Gasteiger charge is 2.47. The van der Waals surface area contributed by atoms with Crippen molar-refractivity contribution in [1.29, 1.82) is 0 Å². The second kappa shape index (κ2) is 40.4. The molecule has 0 unspecified atom stereocenters. The summed E-state index contributed by atoms with van der Waals surface area (Å²) in [7, 11) is 0. The zero-order chi connectivity index (χ0) is 70.1. The Bertz CT molecular complexity index is 2500. The molecule has 4 heterocycles. The lowest BCUT2D eigenvalue weighted by atomic mass is 9.85. The molecule has 32 heteroatoms. The number of ether oxygens (including phenoxy) is 16. The molecule has 8 rings (SSSR count). The van der Waals surface area contributed by atoms with E-state index in [0.29, 0.717) is 23.0 Å². The molecular formula is C66H92O32. The van der Waals surface area contributed by atoms with E-state index in [2.05, 4.69) is 0 Å². The predicted octanol–water partition coefficient (Wildman–Crippen LogP) is -4.46. The second-order valence-corrected chi connectivity index (χ2v) is 23.0. The number of hydrogen-bond acceptors (Lipinski definition) is 32. The summed E-state index contributed by atoms with van der Waals surface area (Å²) >= 11 is 0. The summed E-state index contributed by atoms with van der Waals surface area (Å²) in [6, 6.07) is 29.7. The minimum Gasteiger partial charge on any atom is -0.491 e. The summed E-state index contributed by atoms with van der Waals surface area (Å²) in [6.45, 7) is -1.21. The van der Waals surface area contributed by atoms with Crippen molar-refractivity contribution in [2.45, 2.75) is 123 Å². The second-order valence-electron chi connectivity index (χ2n) is 23.0. The van der Waals surface area contributed by atoms with Crippen molar-refractivity contribution < 1.29 is 157 Å². The molecule has 20 atom stereocenters. The fraction of sp³-hybridized carbons (Fsp3) is 0.606. The summed E-state index contributed by atoms with van der Waals surface area (Å²) < 4.78 is 90.6. The third-order valence-electron chi connectivity index (χ3n) is 16.2. The topological polar surface area (TPSA) is 471 Å². The monoisotopic (exact) mass is 1400 g/mol. The van der Waals surface area contributed by atoms with Gasteiger partial charge in [0.05, 0.1) is 106 Å². The quantitative estimate of drug-likeness (QED) is 0.0148. The molecule has 4 aliphatic rings. The van der Waals surface area contributed by atoms with Crippen LogP contribution >= 0.6 is 0 Å². The standard InChI is InChI=1S/C66H92O32/c67-33-45-51(71)55(75)59(79)63(95-45)91-29-21-83-17-25-87-41-9-1-37(2-10-41)49(38-3-11-42(12-4-38)88-26-18-84-22-30-92-64-60(80)56(76)52(72)46(34-68)96-64)50(39-5-13-43(14-6-39)89-27-19-85-23-31-93-65-61(81)57(77)53(73)47(35-69)97-65)40-7-15-44(16-8-40)90-28-20-86-24-32-94-66-62(82)58(78)54(74)48(36-70)98-66/h1-16,45-48,51-82H,17-36H2/t45-,46-,47-,48-,51-,52-,53-,54-,55+,56+,57+,58+,59+,60+,61+,62+,63+,64+,65+,66+/m0/s1. The fourth-order valence-corrected chi connectivity index (χ4v) is 10.8. The molecule has 4 aromatic rings. The van der Waals surface area contributed by atoms with Gasteiger partial charge < -0.3 is 157 Å². The number of hydrogen-bond donors (Lipinski definition) is 16. The van der Waals surface area contributed by atoms with Crippen LogP contribution in [0.1, 0.15) is 22.3 Å². The van der Waals surface area contributed by atoms with Crippen LogP contribution in [0.25, 0.3) is 11.1 Å². The van der Waals surface area contributed by atoms with Gasteiger partial charge in [-0.2, -0.15) is 0 Å². The maximum atomic E-state index is 10.3. The van der Waals surface area contributed by atoms with Crippen molar-refractivity contribution in [1.82, 2.24) is 0 Å². The molecule has 32 nitrogen and oxygen atoms in total. The number of aliphatic hydroxyl groups excluding tert-OH is 16. The van der Waals surface area contributed by atoms with E-state index < -0.39 is 149 Å². The Kier molecular flexibility index (Phi) is 32.3. The molecule has 0 saturated carbocycles. The van der Waals surface area contributed by atoms with E-state index >= 15 is 0 Å². The van der Waals surface area contributed by atoms with Crippen molar-refractivity contribution >= 4 is 11.1 Å². The first-order valence-electron chi connectivity index (χ1n) is 32.1. The average Bonchev–Trinajstić information content (AvgIpc) is 0.774. The molecule has 4 fully saturated rings. The van der Waals surface area contributed by atoms with Gasteiger partial charge in [-0.3, -0.25) is 0 Å². The summed E-state index contributed by atoms with van der Waals surface area (Å²) in [5.41, 5.74) is 4.61. The van der Waals surface area contributed by atoms with E-state index in [1.54, 1.807) is 0 Å². The van der Waals surface area contributed by atoms with Crippen molar-refractivity contribution in [2.75, 3.05) is 132 Å². The van der Waals surface area contributed by atoms with Crippen molar-refractivity contribution in [3.8, 4) is 23.0 Å². The van der Waals surface area contributed by atoms with E-state index in [9.17, 15) is 81.7 Å².